The van der Waals surface area contributed by atoms with Gasteiger partial charge in [-0.2, -0.15) is 0 Å². The Labute approximate surface area is 154 Å². The van der Waals surface area contributed by atoms with Crippen LogP contribution in [0.2, 0.25) is 0 Å². The summed E-state index contributed by atoms with van der Waals surface area (Å²) < 4.78 is 31.7. The van der Waals surface area contributed by atoms with Gasteiger partial charge in [0.2, 0.25) is 0 Å². The minimum absolute atomic E-state index is 0.293. The minimum atomic E-state index is -2.47. The second-order valence-electron chi connectivity index (χ2n) is 6.87. The van der Waals surface area contributed by atoms with Gasteiger partial charge in [0.05, 0.1) is 18.4 Å². The third kappa shape index (κ3) is 2.98. The average Bonchev–Trinajstić information content (AvgIpc) is 3.05. The number of alkyl halides is 2. The highest BCUT2D eigenvalue weighted by Crippen LogP contribution is 2.59. The Hall–Kier alpha value is -2.02. The lowest BCUT2D eigenvalue weighted by atomic mass is 10.1. The maximum atomic E-state index is 13.3. The summed E-state index contributed by atoms with van der Waals surface area (Å²) in [6.45, 7) is 4.85. The fourth-order valence-electron chi connectivity index (χ4n) is 3.61. The van der Waals surface area contributed by atoms with Gasteiger partial charge in [-0.15, -0.1) is 11.3 Å². The predicted molar refractivity (Wildman–Crippen MR) is 96.2 cm³/mol. The first-order valence-electron chi connectivity index (χ1n) is 8.75. The first kappa shape index (κ1) is 17.4. The molecule has 1 aliphatic carbocycles. The van der Waals surface area contributed by atoms with Crippen molar-refractivity contribution in [3.63, 3.8) is 0 Å². The molecule has 2 fully saturated rings. The van der Waals surface area contributed by atoms with Gasteiger partial charge in [-0.05, 0) is 37.6 Å². The largest absolute Gasteiger partial charge is 0.462 e. The van der Waals surface area contributed by atoms with Gasteiger partial charge in [0, 0.05) is 30.1 Å². The number of carbonyl (C=O) groups excluding carboxylic acids is 1. The van der Waals surface area contributed by atoms with Crippen molar-refractivity contribution < 1.29 is 18.3 Å². The van der Waals surface area contributed by atoms with Crippen molar-refractivity contribution in [1.29, 1.82) is 0 Å². The molecule has 1 aliphatic heterocycles. The normalized spacial score (nSPS) is 23.0. The summed E-state index contributed by atoms with van der Waals surface area (Å²) in [7, 11) is 0. The molecule has 0 aromatic carbocycles. The van der Waals surface area contributed by atoms with E-state index in [2.05, 4.69) is 4.98 Å². The van der Waals surface area contributed by atoms with Crippen LogP contribution >= 0.6 is 11.3 Å². The van der Waals surface area contributed by atoms with E-state index in [1.165, 1.54) is 11.3 Å². The first-order valence-corrected chi connectivity index (χ1v) is 9.57. The molecule has 0 radical (unpaired) electrons. The number of ether oxygens (including phenoxy) is 1. The highest BCUT2D eigenvalue weighted by atomic mass is 32.1. The van der Waals surface area contributed by atoms with Crippen molar-refractivity contribution in [2.75, 3.05) is 24.6 Å². The Morgan fingerprint density at radius 3 is 2.69 bits per heavy atom. The van der Waals surface area contributed by atoms with E-state index in [9.17, 15) is 13.6 Å². The molecule has 4 rings (SSSR count). The molecule has 138 valence electrons. The second-order valence-corrected chi connectivity index (χ2v) is 8.04. The van der Waals surface area contributed by atoms with Crippen LogP contribution in [-0.4, -0.2) is 36.6 Å². The molecule has 2 aliphatic rings. The maximum Gasteiger partial charge on any atom is 0.348 e. The second kappa shape index (κ2) is 6.30. The number of anilines is 1. The van der Waals surface area contributed by atoms with Crippen LogP contribution in [0.5, 0.6) is 0 Å². The summed E-state index contributed by atoms with van der Waals surface area (Å²) in [5.74, 6) is -3.00. The molecule has 0 N–H and O–H groups in total. The van der Waals surface area contributed by atoms with Crippen LogP contribution in [0.1, 0.15) is 32.7 Å². The number of rotatable bonds is 5. The van der Waals surface area contributed by atoms with Crippen molar-refractivity contribution in [1.82, 2.24) is 4.98 Å². The molecule has 0 amide bonds. The Balaban J connectivity index is 1.43. The van der Waals surface area contributed by atoms with Crippen LogP contribution in [0, 0.1) is 18.8 Å². The number of pyridine rings is 1. The summed E-state index contributed by atoms with van der Waals surface area (Å²) in [4.78, 5) is 20.0. The highest BCUT2D eigenvalue weighted by Gasteiger charge is 2.71. The molecule has 1 saturated heterocycles. The van der Waals surface area contributed by atoms with Crippen molar-refractivity contribution in [2.45, 2.75) is 26.2 Å². The van der Waals surface area contributed by atoms with E-state index in [4.69, 9.17) is 4.74 Å². The molecule has 26 heavy (non-hydrogen) atoms. The number of piperidine rings is 1. The van der Waals surface area contributed by atoms with Gasteiger partial charge in [0.25, 0.3) is 5.92 Å². The molecule has 0 spiro atoms. The number of esters is 1. The number of nitrogens with zero attached hydrogens (tertiary/aromatic N) is 2. The molecule has 4 nitrogen and oxygen atoms in total. The number of carbonyl (C=O) groups is 1. The van der Waals surface area contributed by atoms with E-state index in [0.29, 0.717) is 31.0 Å². The lowest BCUT2D eigenvalue weighted by Gasteiger charge is -2.21. The SMILES string of the molecule is CCOC(=O)c1ccc(Cc2ccc(N3CC4[C@H](C3)C4(F)F)nc2C)s1. The zero-order valence-electron chi connectivity index (χ0n) is 14.7. The summed E-state index contributed by atoms with van der Waals surface area (Å²) in [5.41, 5.74) is 1.96. The van der Waals surface area contributed by atoms with E-state index in [-0.39, 0.29) is 5.97 Å². The monoisotopic (exact) mass is 378 g/mol. The van der Waals surface area contributed by atoms with Crippen LogP contribution in [0.3, 0.4) is 0 Å². The molecular formula is C19H20F2N2O2S. The van der Waals surface area contributed by atoms with E-state index in [1.54, 1.807) is 13.0 Å². The topological polar surface area (TPSA) is 42.4 Å². The minimum Gasteiger partial charge on any atom is -0.462 e. The molecule has 1 saturated carbocycles. The Morgan fingerprint density at radius 1 is 1.31 bits per heavy atom. The van der Waals surface area contributed by atoms with Gasteiger partial charge in [-0.1, -0.05) is 6.07 Å². The number of fused-ring (bicyclic) bond motifs is 1. The molecule has 0 bridgehead atoms. The summed E-state index contributed by atoms with van der Waals surface area (Å²) in [6, 6.07) is 7.63. The summed E-state index contributed by atoms with van der Waals surface area (Å²) in [5, 5.41) is 0. The van der Waals surface area contributed by atoms with Crippen LogP contribution in [0.25, 0.3) is 0 Å². The molecule has 1 unspecified atom stereocenters. The molecule has 2 atom stereocenters. The fourth-order valence-corrected chi connectivity index (χ4v) is 4.53. The van der Waals surface area contributed by atoms with Gasteiger partial charge in [0.1, 0.15) is 10.7 Å². The van der Waals surface area contributed by atoms with Crippen molar-refractivity contribution in [2.24, 2.45) is 11.8 Å². The smallest absolute Gasteiger partial charge is 0.348 e. The van der Waals surface area contributed by atoms with Crippen LogP contribution in [-0.2, 0) is 11.2 Å². The lowest BCUT2D eigenvalue weighted by molar-refractivity contribution is 0.0532. The van der Waals surface area contributed by atoms with Gasteiger partial charge in [-0.25, -0.2) is 18.6 Å². The first-order chi connectivity index (χ1) is 12.4. The van der Waals surface area contributed by atoms with E-state index < -0.39 is 17.8 Å². The molecule has 7 heteroatoms. The number of halogens is 2. The molecular weight excluding hydrogens is 358 g/mol. The van der Waals surface area contributed by atoms with Gasteiger partial charge >= 0.3 is 5.97 Å². The lowest BCUT2D eigenvalue weighted by Crippen LogP contribution is -2.28. The van der Waals surface area contributed by atoms with Gasteiger partial charge < -0.3 is 9.64 Å². The maximum absolute atomic E-state index is 13.3. The molecule has 2 aromatic heterocycles. The third-order valence-electron chi connectivity index (χ3n) is 5.21. The molecule has 3 heterocycles. The van der Waals surface area contributed by atoms with Crippen LogP contribution in [0.4, 0.5) is 14.6 Å². The van der Waals surface area contributed by atoms with Crippen molar-refractivity contribution >= 4 is 23.1 Å². The predicted octanol–water partition coefficient (Wildman–Crippen LogP) is 3.92. The third-order valence-corrected chi connectivity index (χ3v) is 6.27. The Bertz CT molecular complexity index is 838. The number of thiophene rings is 1. The number of hydrogen-bond donors (Lipinski definition) is 0. The van der Waals surface area contributed by atoms with E-state index in [1.807, 2.05) is 30.0 Å². The quantitative estimate of drug-likeness (QED) is 0.740. The highest BCUT2D eigenvalue weighted by molar-refractivity contribution is 7.13. The molecule has 2 aromatic rings. The zero-order valence-corrected chi connectivity index (χ0v) is 15.5. The zero-order chi connectivity index (χ0) is 18.5. The fraction of sp³-hybridized carbons (Fsp3) is 0.474. The van der Waals surface area contributed by atoms with E-state index >= 15 is 0 Å². The van der Waals surface area contributed by atoms with E-state index in [0.717, 1.165) is 22.0 Å². The van der Waals surface area contributed by atoms with Crippen molar-refractivity contribution in [3.05, 3.63) is 45.3 Å². The van der Waals surface area contributed by atoms with Gasteiger partial charge in [-0.3, -0.25) is 0 Å². The average molecular weight is 378 g/mol. The summed E-state index contributed by atoms with van der Waals surface area (Å²) in [6.07, 6.45) is 0.687. The number of hydrogen-bond acceptors (Lipinski definition) is 5. The standard InChI is InChI=1S/C19H20F2N2O2S/c1-3-25-18(24)16-6-5-13(26-16)8-12-4-7-17(22-11(12)2)23-9-14-15(10-23)19(14,20)21/h4-7,14-15H,3,8-10H2,1-2H3/t14-,15?/m0/s1. The van der Waals surface area contributed by atoms with Crippen LogP contribution in [0.15, 0.2) is 24.3 Å². The number of aryl methyl sites for hydroxylation is 1. The summed E-state index contributed by atoms with van der Waals surface area (Å²) >= 11 is 1.42. The number of aromatic nitrogens is 1. The Kier molecular flexibility index (Phi) is 4.22. The van der Waals surface area contributed by atoms with Gasteiger partial charge in [0.15, 0.2) is 0 Å². The Morgan fingerprint density at radius 2 is 2.04 bits per heavy atom. The van der Waals surface area contributed by atoms with Crippen molar-refractivity contribution in [3.8, 4) is 0 Å². The van der Waals surface area contributed by atoms with Crippen LogP contribution < -0.4 is 4.90 Å².